The predicted octanol–water partition coefficient (Wildman–Crippen LogP) is 6.31. The summed E-state index contributed by atoms with van der Waals surface area (Å²) < 4.78 is 16.7. The van der Waals surface area contributed by atoms with Crippen molar-refractivity contribution < 1.29 is 9.18 Å². The molecule has 1 heterocycles. The van der Waals surface area contributed by atoms with Crippen LogP contribution in [0.5, 0.6) is 0 Å². The number of carbonyl (C=O) groups excluding carboxylic acids is 1. The highest BCUT2D eigenvalue weighted by Gasteiger charge is 2.15. The maximum atomic E-state index is 14.8. The lowest BCUT2D eigenvalue weighted by molar-refractivity contribution is -0.111. The summed E-state index contributed by atoms with van der Waals surface area (Å²) in [6, 6.07) is 10.7. The number of benzene rings is 2. The van der Waals surface area contributed by atoms with Crippen molar-refractivity contribution in [3.63, 3.8) is 0 Å². The van der Waals surface area contributed by atoms with Crippen molar-refractivity contribution in [3.05, 3.63) is 77.2 Å². The van der Waals surface area contributed by atoms with Crippen LogP contribution in [0.3, 0.4) is 0 Å². The number of fused-ring (bicyclic) bond motifs is 1. The van der Waals surface area contributed by atoms with Crippen molar-refractivity contribution in [1.29, 1.82) is 0 Å². The zero-order chi connectivity index (χ0) is 19.6. The normalized spacial score (nSPS) is 11.4. The highest BCUT2D eigenvalue weighted by Crippen LogP contribution is 2.31. The van der Waals surface area contributed by atoms with Crippen LogP contribution in [0.4, 0.5) is 10.1 Å². The van der Waals surface area contributed by atoms with Gasteiger partial charge >= 0.3 is 0 Å². The van der Waals surface area contributed by atoms with Gasteiger partial charge < -0.3 is 9.88 Å². The van der Waals surface area contributed by atoms with Crippen molar-refractivity contribution >= 4 is 46.3 Å². The Morgan fingerprint density at radius 3 is 2.56 bits per heavy atom. The Balaban J connectivity index is 2.11. The Bertz CT molecular complexity index is 1030. The third kappa shape index (κ3) is 4.12. The van der Waals surface area contributed by atoms with E-state index in [1.54, 1.807) is 6.07 Å². The summed E-state index contributed by atoms with van der Waals surface area (Å²) in [6.07, 6.45) is 6.96. The van der Waals surface area contributed by atoms with Crippen molar-refractivity contribution in [2.75, 3.05) is 5.32 Å². The zero-order valence-corrected chi connectivity index (χ0v) is 15.9. The van der Waals surface area contributed by atoms with Gasteiger partial charge in [0.25, 0.3) is 0 Å². The zero-order valence-electron chi connectivity index (χ0n) is 15.2. The van der Waals surface area contributed by atoms with Gasteiger partial charge in [0, 0.05) is 33.9 Å². The Labute approximate surface area is 162 Å². The quantitative estimate of drug-likeness (QED) is 0.515. The molecule has 0 unspecified atom stereocenters. The lowest BCUT2D eigenvalue weighted by Gasteiger charge is -2.10. The van der Waals surface area contributed by atoms with Gasteiger partial charge in [-0.05, 0) is 49.8 Å². The molecule has 5 heteroatoms. The first-order valence-corrected chi connectivity index (χ1v) is 8.98. The molecule has 0 spiro atoms. The van der Waals surface area contributed by atoms with Crippen LogP contribution in [0.25, 0.3) is 23.1 Å². The molecule has 138 valence electrons. The van der Waals surface area contributed by atoms with E-state index in [0.717, 1.165) is 22.6 Å². The molecule has 0 aliphatic heterocycles. The first kappa shape index (κ1) is 18.9. The molecule has 1 N–H and O–H groups in total. The standard InChI is InChI=1S/C22H20ClFN2O/c1-4-21(27)25-18-11-19-16(8-5-15-6-9-17(23)10-7-15)13-26(14(2)3)22(19)20(24)12-18/h4-14H,1H2,2-3H3,(H,25,27). The molecule has 0 saturated carbocycles. The third-order valence-corrected chi connectivity index (χ3v) is 4.50. The molecular weight excluding hydrogens is 363 g/mol. The molecule has 0 aliphatic carbocycles. The topological polar surface area (TPSA) is 34.0 Å². The van der Waals surface area contributed by atoms with E-state index in [4.69, 9.17) is 11.6 Å². The van der Waals surface area contributed by atoms with E-state index in [0.29, 0.717) is 16.2 Å². The molecule has 0 radical (unpaired) electrons. The maximum Gasteiger partial charge on any atom is 0.247 e. The van der Waals surface area contributed by atoms with Gasteiger partial charge in [0.1, 0.15) is 5.82 Å². The average Bonchev–Trinajstić information content (AvgIpc) is 3.00. The van der Waals surface area contributed by atoms with Gasteiger partial charge in [-0.3, -0.25) is 4.79 Å². The maximum absolute atomic E-state index is 14.8. The summed E-state index contributed by atoms with van der Waals surface area (Å²) in [5.41, 5.74) is 2.76. The van der Waals surface area contributed by atoms with Crippen LogP contribution < -0.4 is 5.32 Å². The lowest BCUT2D eigenvalue weighted by atomic mass is 10.1. The number of hydrogen-bond acceptors (Lipinski definition) is 1. The molecule has 3 rings (SSSR count). The lowest BCUT2D eigenvalue weighted by Crippen LogP contribution is -2.08. The van der Waals surface area contributed by atoms with Gasteiger partial charge in [-0.2, -0.15) is 0 Å². The van der Waals surface area contributed by atoms with E-state index in [2.05, 4.69) is 11.9 Å². The first-order valence-electron chi connectivity index (χ1n) is 8.60. The van der Waals surface area contributed by atoms with Gasteiger partial charge in [0.15, 0.2) is 0 Å². The number of anilines is 1. The van der Waals surface area contributed by atoms with Crippen molar-refractivity contribution in [3.8, 4) is 0 Å². The number of rotatable bonds is 5. The molecule has 1 aromatic heterocycles. The van der Waals surface area contributed by atoms with E-state index >= 15 is 0 Å². The summed E-state index contributed by atoms with van der Waals surface area (Å²) in [6.45, 7) is 7.42. The molecule has 0 aliphatic rings. The van der Waals surface area contributed by atoms with Crippen molar-refractivity contribution in [1.82, 2.24) is 4.57 Å². The number of carbonyl (C=O) groups is 1. The summed E-state index contributed by atoms with van der Waals surface area (Å²) >= 11 is 5.92. The van der Waals surface area contributed by atoms with Crippen LogP contribution in [0.2, 0.25) is 5.02 Å². The molecule has 2 aromatic carbocycles. The van der Waals surface area contributed by atoms with Crippen LogP contribution in [0.15, 0.2) is 55.3 Å². The van der Waals surface area contributed by atoms with Crippen molar-refractivity contribution in [2.24, 2.45) is 0 Å². The predicted molar refractivity (Wildman–Crippen MR) is 111 cm³/mol. The van der Waals surface area contributed by atoms with E-state index in [1.165, 1.54) is 6.07 Å². The van der Waals surface area contributed by atoms with Gasteiger partial charge in [0.2, 0.25) is 5.91 Å². The number of nitrogens with one attached hydrogen (secondary N) is 1. The monoisotopic (exact) mass is 382 g/mol. The summed E-state index contributed by atoms with van der Waals surface area (Å²) in [4.78, 5) is 11.6. The number of halogens is 2. The van der Waals surface area contributed by atoms with Gasteiger partial charge in [0.05, 0.1) is 5.52 Å². The first-order chi connectivity index (χ1) is 12.9. The number of nitrogens with zero attached hydrogens (tertiary/aromatic N) is 1. The second-order valence-corrected chi connectivity index (χ2v) is 6.95. The van der Waals surface area contributed by atoms with Gasteiger partial charge in [-0.25, -0.2) is 4.39 Å². The van der Waals surface area contributed by atoms with Crippen LogP contribution in [0, 0.1) is 5.82 Å². The van der Waals surface area contributed by atoms with Crippen LogP contribution >= 0.6 is 11.6 Å². The molecule has 0 fully saturated rings. The minimum Gasteiger partial charge on any atom is -0.342 e. The van der Waals surface area contributed by atoms with Gasteiger partial charge in [-0.1, -0.05) is 42.5 Å². The van der Waals surface area contributed by atoms with Gasteiger partial charge in [-0.15, -0.1) is 0 Å². The fourth-order valence-electron chi connectivity index (χ4n) is 2.93. The molecule has 0 saturated heterocycles. The number of amides is 1. The Hall–Kier alpha value is -2.85. The van der Waals surface area contributed by atoms with E-state index in [1.807, 2.05) is 61.0 Å². The van der Waals surface area contributed by atoms with Crippen LogP contribution in [-0.2, 0) is 4.79 Å². The Kier molecular flexibility index (Phi) is 5.47. The Morgan fingerprint density at radius 2 is 1.93 bits per heavy atom. The van der Waals surface area contributed by atoms with E-state index in [9.17, 15) is 9.18 Å². The number of aromatic nitrogens is 1. The molecule has 27 heavy (non-hydrogen) atoms. The second kappa shape index (κ2) is 7.80. The fourth-order valence-corrected chi connectivity index (χ4v) is 3.06. The van der Waals surface area contributed by atoms with Crippen LogP contribution in [0.1, 0.15) is 31.0 Å². The minimum absolute atomic E-state index is 0.0910. The SMILES string of the molecule is C=CC(=O)Nc1cc(F)c2c(c1)c(C=Cc1ccc(Cl)cc1)cn2C(C)C. The summed E-state index contributed by atoms with van der Waals surface area (Å²) in [7, 11) is 0. The highest BCUT2D eigenvalue weighted by atomic mass is 35.5. The smallest absolute Gasteiger partial charge is 0.247 e. The summed E-state index contributed by atoms with van der Waals surface area (Å²) in [5, 5.41) is 4.03. The molecule has 0 atom stereocenters. The minimum atomic E-state index is -0.383. The second-order valence-electron chi connectivity index (χ2n) is 6.52. The molecule has 1 amide bonds. The molecule has 3 nitrogen and oxygen atoms in total. The third-order valence-electron chi connectivity index (χ3n) is 4.25. The highest BCUT2D eigenvalue weighted by molar-refractivity contribution is 6.30. The average molecular weight is 383 g/mol. The molecular formula is C22H20ClFN2O. The number of hydrogen-bond donors (Lipinski definition) is 1. The molecule has 3 aromatic rings. The van der Waals surface area contributed by atoms with E-state index < -0.39 is 0 Å². The van der Waals surface area contributed by atoms with Crippen LogP contribution in [-0.4, -0.2) is 10.5 Å². The fraction of sp³-hybridized carbons (Fsp3) is 0.136. The Morgan fingerprint density at radius 1 is 1.22 bits per heavy atom. The largest absolute Gasteiger partial charge is 0.342 e. The van der Waals surface area contributed by atoms with Crippen molar-refractivity contribution in [2.45, 2.75) is 19.9 Å². The summed E-state index contributed by atoms with van der Waals surface area (Å²) in [5.74, 6) is -0.762. The van der Waals surface area contributed by atoms with E-state index in [-0.39, 0.29) is 17.8 Å². The molecule has 0 bridgehead atoms.